The molecule has 8 nitrogen and oxygen atoms in total. The number of rotatable bonds is 5. The van der Waals surface area contributed by atoms with Gasteiger partial charge < -0.3 is 23.4 Å². The van der Waals surface area contributed by atoms with E-state index in [0.717, 1.165) is 0 Å². The molecule has 29 heavy (non-hydrogen) atoms. The highest BCUT2D eigenvalue weighted by Gasteiger charge is 2.16. The third-order valence-electron chi connectivity index (χ3n) is 4.41. The van der Waals surface area contributed by atoms with Crippen molar-refractivity contribution in [3.63, 3.8) is 0 Å². The number of hydrogen-bond acceptors (Lipinski definition) is 8. The molecule has 4 aromatic rings. The highest BCUT2D eigenvalue weighted by Crippen LogP contribution is 2.33. The minimum Gasteiger partial charge on any atom is -0.504 e. The summed E-state index contributed by atoms with van der Waals surface area (Å²) >= 11 is 0. The van der Waals surface area contributed by atoms with Gasteiger partial charge in [-0.1, -0.05) is 0 Å². The second kappa shape index (κ2) is 7.31. The number of aromatic hydroxyl groups is 1. The Hall–Kier alpha value is -3.81. The van der Waals surface area contributed by atoms with Crippen molar-refractivity contribution in [3.05, 3.63) is 52.4 Å². The molecule has 0 spiro atoms. The monoisotopic (exact) mass is 395 g/mol. The summed E-state index contributed by atoms with van der Waals surface area (Å²) < 4.78 is 21.2. The maximum atomic E-state index is 11.9. The zero-order valence-electron chi connectivity index (χ0n) is 15.7. The lowest BCUT2D eigenvalue weighted by atomic mass is 10.1. The van der Waals surface area contributed by atoms with Crippen LogP contribution >= 0.6 is 0 Å². The van der Waals surface area contributed by atoms with Gasteiger partial charge in [-0.25, -0.2) is 9.78 Å². The summed E-state index contributed by atoms with van der Waals surface area (Å²) in [4.78, 5) is 28.3. The molecule has 148 valence electrons. The Morgan fingerprint density at radius 1 is 1.14 bits per heavy atom. The minimum absolute atomic E-state index is 0.00322. The first kappa shape index (κ1) is 18.5. The van der Waals surface area contributed by atoms with Crippen molar-refractivity contribution in [3.8, 4) is 23.0 Å². The number of methoxy groups -OCH3 is 1. The van der Waals surface area contributed by atoms with E-state index in [1.165, 1.54) is 19.2 Å². The van der Waals surface area contributed by atoms with Crippen LogP contribution in [0.15, 0.2) is 50.0 Å². The lowest BCUT2D eigenvalue weighted by molar-refractivity contribution is -0.142. The number of fused-ring (bicyclic) bond motifs is 2. The fourth-order valence-corrected chi connectivity index (χ4v) is 3.10. The first-order chi connectivity index (χ1) is 14.0. The van der Waals surface area contributed by atoms with Gasteiger partial charge in [0.15, 0.2) is 17.1 Å². The van der Waals surface area contributed by atoms with Crippen molar-refractivity contribution >= 4 is 28.0 Å². The van der Waals surface area contributed by atoms with Gasteiger partial charge in [0.05, 0.1) is 20.1 Å². The fraction of sp³-hybridized carbons (Fsp3) is 0.190. The van der Waals surface area contributed by atoms with Crippen LogP contribution in [0.5, 0.6) is 11.5 Å². The van der Waals surface area contributed by atoms with Gasteiger partial charge in [0, 0.05) is 23.1 Å². The largest absolute Gasteiger partial charge is 0.504 e. The van der Waals surface area contributed by atoms with Crippen LogP contribution in [-0.2, 0) is 16.0 Å². The molecular formula is C21H17NO7. The van der Waals surface area contributed by atoms with Gasteiger partial charge in [0.1, 0.15) is 11.1 Å². The number of nitrogens with zero attached hydrogens (tertiary/aromatic N) is 1. The van der Waals surface area contributed by atoms with Gasteiger partial charge in [0.2, 0.25) is 5.89 Å². The van der Waals surface area contributed by atoms with Gasteiger partial charge in [-0.2, -0.15) is 0 Å². The number of esters is 1. The molecule has 8 heteroatoms. The molecule has 2 aromatic carbocycles. The fourth-order valence-electron chi connectivity index (χ4n) is 3.10. The summed E-state index contributed by atoms with van der Waals surface area (Å²) in [7, 11) is 1.45. The number of benzene rings is 2. The molecular weight excluding hydrogens is 378 g/mol. The first-order valence-corrected chi connectivity index (χ1v) is 8.89. The molecule has 1 N–H and O–H groups in total. The lowest BCUT2D eigenvalue weighted by Gasteiger charge is -2.05. The Morgan fingerprint density at radius 3 is 2.72 bits per heavy atom. The van der Waals surface area contributed by atoms with E-state index in [-0.39, 0.29) is 30.1 Å². The molecule has 0 bridgehead atoms. The lowest BCUT2D eigenvalue weighted by Crippen LogP contribution is -2.10. The van der Waals surface area contributed by atoms with Gasteiger partial charge in [-0.05, 0) is 36.8 Å². The molecule has 2 aromatic heterocycles. The third-order valence-corrected chi connectivity index (χ3v) is 4.41. The number of phenols is 1. The van der Waals surface area contributed by atoms with Crippen LogP contribution < -0.4 is 10.4 Å². The minimum atomic E-state index is -0.570. The number of carbonyl (C=O) groups is 1. The standard InChI is InChI=1S/C21H17NO7/c1-3-27-19(24)7-12-8-20(25)28-16-10-17-14(9-13(12)16)22-21(29-17)11-4-5-15(23)18(6-11)26-2/h4-6,8-10,23H,3,7H2,1-2H3. The average molecular weight is 395 g/mol. The average Bonchev–Trinajstić information content (AvgIpc) is 3.10. The van der Waals surface area contributed by atoms with E-state index in [2.05, 4.69) is 4.98 Å². The van der Waals surface area contributed by atoms with E-state index in [0.29, 0.717) is 33.5 Å². The Labute approximate surface area is 164 Å². The number of oxazole rings is 1. The van der Waals surface area contributed by atoms with E-state index in [1.807, 2.05) is 0 Å². The molecule has 0 radical (unpaired) electrons. The van der Waals surface area contributed by atoms with Crippen LogP contribution in [0.4, 0.5) is 0 Å². The third kappa shape index (κ3) is 3.52. The van der Waals surface area contributed by atoms with Gasteiger partial charge in [-0.3, -0.25) is 4.79 Å². The molecule has 0 atom stereocenters. The van der Waals surface area contributed by atoms with Crippen LogP contribution in [0.3, 0.4) is 0 Å². The van der Waals surface area contributed by atoms with Crippen LogP contribution in [-0.4, -0.2) is 29.8 Å². The van der Waals surface area contributed by atoms with Crippen LogP contribution in [0.1, 0.15) is 12.5 Å². The highest BCUT2D eigenvalue weighted by atomic mass is 16.5. The summed E-state index contributed by atoms with van der Waals surface area (Å²) in [5.41, 5.74) is 1.75. The smallest absolute Gasteiger partial charge is 0.336 e. The molecule has 0 amide bonds. The molecule has 0 saturated heterocycles. The zero-order valence-corrected chi connectivity index (χ0v) is 15.7. The molecule has 0 saturated carbocycles. The summed E-state index contributed by atoms with van der Waals surface area (Å²) in [6.45, 7) is 1.97. The molecule has 0 aliphatic carbocycles. The zero-order chi connectivity index (χ0) is 20.5. The van der Waals surface area contributed by atoms with Crippen LogP contribution in [0.25, 0.3) is 33.5 Å². The van der Waals surface area contributed by atoms with Gasteiger partial charge >= 0.3 is 11.6 Å². The van der Waals surface area contributed by atoms with Crippen molar-refractivity contribution in [2.75, 3.05) is 13.7 Å². The van der Waals surface area contributed by atoms with E-state index >= 15 is 0 Å². The Bertz CT molecular complexity index is 1290. The topological polar surface area (TPSA) is 112 Å². The molecule has 2 heterocycles. The summed E-state index contributed by atoms with van der Waals surface area (Å²) in [6.07, 6.45) is -0.0542. The van der Waals surface area contributed by atoms with Crippen LogP contribution in [0.2, 0.25) is 0 Å². The number of hydrogen-bond donors (Lipinski definition) is 1. The molecule has 0 aliphatic rings. The Kier molecular flexibility index (Phi) is 4.67. The van der Waals surface area contributed by atoms with Crippen molar-refractivity contribution in [1.82, 2.24) is 4.98 Å². The quantitative estimate of drug-likeness (QED) is 0.404. The molecule has 4 rings (SSSR count). The maximum absolute atomic E-state index is 11.9. The predicted molar refractivity (Wildman–Crippen MR) is 104 cm³/mol. The molecule has 0 aliphatic heterocycles. The first-order valence-electron chi connectivity index (χ1n) is 8.89. The number of carbonyl (C=O) groups excluding carboxylic acids is 1. The van der Waals surface area contributed by atoms with Gasteiger partial charge in [-0.15, -0.1) is 0 Å². The molecule has 0 unspecified atom stereocenters. The van der Waals surface area contributed by atoms with Crippen molar-refractivity contribution in [1.29, 1.82) is 0 Å². The van der Waals surface area contributed by atoms with E-state index < -0.39 is 11.6 Å². The number of aromatic nitrogens is 1. The highest BCUT2D eigenvalue weighted by molar-refractivity contribution is 5.95. The Balaban J connectivity index is 1.84. The summed E-state index contributed by atoms with van der Waals surface area (Å²) in [5.74, 6) is 0.167. The second-order valence-electron chi connectivity index (χ2n) is 6.29. The van der Waals surface area contributed by atoms with Crippen LogP contribution in [0, 0.1) is 0 Å². The summed E-state index contributed by atoms with van der Waals surface area (Å²) in [6, 6.07) is 9.27. The second-order valence-corrected chi connectivity index (χ2v) is 6.29. The maximum Gasteiger partial charge on any atom is 0.336 e. The summed E-state index contributed by atoms with van der Waals surface area (Å²) in [5, 5.41) is 10.3. The van der Waals surface area contributed by atoms with E-state index in [4.69, 9.17) is 18.3 Å². The van der Waals surface area contributed by atoms with Gasteiger partial charge in [0.25, 0.3) is 0 Å². The van der Waals surface area contributed by atoms with Crippen molar-refractivity contribution < 1.29 is 28.2 Å². The normalized spacial score (nSPS) is 11.1. The molecule has 0 fully saturated rings. The van der Waals surface area contributed by atoms with Crippen molar-refractivity contribution in [2.45, 2.75) is 13.3 Å². The van der Waals surface area contributed by atoms with E-state index in [1.54, 1.807) is 31.2 Å². The number of phenolic OH excluding ortho intramolecular Hbond substituents is 1. The predicted octanol–water partition coefficient (Wildman–Crippen LogP) is 3.42. The van der Waals surface area contributed by atoms with Crippen molar-refractivity contribution in [2.24, 2.45) is 0 Å². The van der Waals surface area contributed by atoms with E-state index in [9.17, 15) is 14.7 Å². The Morgan fingerprint density at radius 2 is 1.97 bits per heavy atom. The number of ether oxygens (including phenoxy) is 2. The SMILES string of the molecule is CCOC(=O)Cc1cc(=O)oc2cc3oc(-c4ccc(O)c(OC)c4)nc3cc12.